The van der Waals surface area contributed by atoms with Gasteiger partial charge in [0.2, 0.25) is 0 Å². The summed E-state index contributed by atoms with van der Waals surface area (Å²) in [6.07, 6.45) is 2.06. The highest BCUT2D eigenvalue weighted by Gasteiger charge is 2.30. The van der Waals surface area contributed by atoms with Crippen LogP contribution in [-0.2, 0) is 9.53 Å². The summed E-state index contributed by atoms with van der Waals surface area (Å²) in [5.41, 5.74) is 0. The van der Waals surface area contributed by atoms with Gasteiger partial charge in [-0.1, -0.05) is 6.92 Å². The van der Waals surface area contributed by atoms with Gasteiger partial charge in [-0.3, -0.25) is 0 Å². The van der Waals surface area contributed by atoms with Gasteiger partial charge in [-0.2, -0.15) is 0 Å². The van der Waals surface area contributed by atoms with E-state index >= 15 is 0 Å². The van der Waals surface area contributed by atoms with Gasteiger partial charge in [-0.05, 0) is 25.7 Å². The lowest BCUT2D eigenvalue weighted by Gasteiger charge is -2.38. The van der Waals surface area contributed by atoms with E-state index in [2.05, 4.69) is 12.2 Å². The van der Waals surface area contributed by atoms with Crippen LogP contribution in [0.25, 0.3) is 0 Å². The van der Waals surface area contributed by atoms with E-state index in [0.29, 0.717) is 12.5 Å². The number of urea groups is 1. The van der Waals surface area contributed by atoms with Crippen molar-refractivity contribution in [2.24, 2.45) is 5.92 Å². The third-order valence-electron chi connectivity index (χ3n) is 3.56. The SMILES string of the molecule is COCC(NC(=O)N1CCCC(C)C1C)C(=O)O. The highest BCUT2D eigenvalue weighted by molar-refractivity contribution is 5.82. The number of carboxylic acids is 1. The Morgan fingerprint density at radius 1 is 1.50 bits per heavy atom. The number of hydrogen-bond donors (Lipinski definition) is 2. The van der Waals surface area contributed by atoms with Crippen LogP contribution < -0.4 is 5.32 Å². The standard InChI is InChI=1S/C12H22N2O4/c1-8-5-4-6-14(9(8)2)12(17)13-10(7-18-3)11(15)16/h8-10H,4-7H2,1-3H3,(H,13,17)(H,15,16). The number of piperidine rings is 1. The van der Waals surface area contributed by atoms with Gasteiger partial charge in [0.25, 0.3) is 0 Å². The van der Waals surface area contributed by atoms with Crippen molar-refractivity contribution < 1.29 is 19.4 Å². The second-order valence-electron chi connectivity index (χ2n) is 4.85. The second kappa shape index (κ2) is 6.58. The van der Waals surface area contributed by atoms with E-state index in [1.54, 1.807) is 4.90 Å². The molecule has 2 N–H and O–H groups in total. The van der Waals surface area contributed by atoms with Crippen molar-refractivity contribution in [3.05, 3.63) is 0 Å². The molecule has 0 aromatic carbocycles. The zero-order valence-electron chi connectivity index (χ0n) is 11.2. The molecule has 0 spiro atoms. The van der Waals surface area contributed by atoms with Crippen LogP contribution in [0.15, 0.2) is 0 Å². The van der Waals surface area contributed by atoms with Gasteiger partial charge in [0.05, 0.1) is 6.61 Å². The minimum atomic E-state index is -1.08. The lowest BCUT2D eigenvalue weighted by Crippen LogP contribution is -2.55. The van der Waals surface area contributed by atoms with Crippen molar-refractivity contribution in [1.29, 1.82) is 0 Å². The van der Waals surface area contributed by atoms with Crippen molar-refractivity contribution in [3.8, 4) is 0 Å². The maximum Gasteiger partial charge on any atom is 0.328 e. The third-order valence-corrected chi connectivity index (χ3v) is 3.56. The Balaban J connectivity index is 2.60. The van der Waals surface area contributed by atoms with Crippen LogP contribution in [0.4, 0.5) is 4.79 Å². The molecule has 3 atom stereocenters. The highest BCUT2D eigenvalue weighted by atomic mass is 16.5. The van der Waals surface area contributed by atoms with E-state index in [4.69, 9.17) is 9.84 Å². The Bertz CT molecular complexity index is 308. The summed E-state index contributed by atoms with van der Waals surface area (Å²) >= 11 is 0. The van der Waals surface area contributed by atoms with Gasteiger partial charge in [-0.25, -0.2) is 9.59 Å². The summed E-state index contributed by atoms with van der Waals surface area (Å²) in [6.45, 7) is 4.75. The van der Waals surface area contributed by atoms with Crippen molar-refractivity contribution in [1.82, 2.24) is 10.2 Å². The van der Waals surface area contributed by atoms with Gasteiger partial charge < -0.3 is 20.1 Å². The summed E-state index contributed by atoms with van der Waals surface area (Å²) in [6, 6.07) is -1.18. The first-order valence-electron chi connectivity index (χ1n) is 6.26. The summed E-state index contributed by atoms with van der Waals surface area (Å²) in [5.74, 6) is -0.641. The number of carboxylic acid groups (broad SMARTS) is 1. The number of carbonyl (C=O) groups is 2. The molecule has 0 saturated carbocycles. The molecule has 2 amide bonds. The molecule has 104 valence electrons. The lowest BCUT2D eigenvalue weighted by atomic mass is 9.92. The fraction of sp³-hybridized carbons (Fsp3) is 0.833. The fourth-order valence-corrected chi connectivity index (χ4v) is 2.20. The van der Waals surface area contributed by atoms with Crippen molar-refractivity contribution in [3.63, 3.8) is 0 Å². The molecule has 0 aromatic heterocycles. The number of rotatable bonds is 4. The number of aliphatic carboxylic acids is 1. The van der Waals surface area contributed by atoms with E-state index in [1.165, 1.54) is 7.11 Å². The summed E-state index contributed by atoms with van der Waals surface area (Å²) < 4.78 is 4.79. The molecule has 6 nitrogen and oxygen atoms in total. The third kappa shape index (κ3) is 3.60. The largest absolute Gasteiger partial charge is 0.480 e. The molecular weight excluding hydrogens is 236 g/mol. The van der Waals surface area contributed by atoms with Crippen LogP contribution in [0.1, 0.15) is 26.7 Å². The van der Waals surface area contributed by atoms with E-state index in [1.807, 2.05) is 6.92 Å². The minimum Gasteiger partial charge on any atom is -0.480 e. The Morgan fingerprint density at radius 2 is 2.17 bits per heavy atom. The Hall–Kier alpha value is -1.30. The van der Waals surface area contributed by atoms with Crippen LogP contribution in [0, 0.1) is 5.92 Å². The molecule has 1 fully saturated rings. The molecule has 1 heterocycles. The maximum atomic E-state index is 12.0. The van der Waals surface area contributed by atoms with E-state index < -0.39 is 12.0 Å². The highest BCUT2D eigenvalue weighted by Crippen LogP contribution is 2.22. The molecule has 0 radical (unpaired) electrons. The first kappa shape index (κ1) is 14.8. The smallest absolute Gasteiger partial charge is 0.328 e. The monoisotopic (exact) mass is 258 g/mol. The zero-order chi connectivity index (χ0) is 13.7. The molecule has 6 heteroatoms. The van der Waals surface area contributed by atoms with Crippen molar-refractivity contribution >= 4 is 12.0 Å². The maximum absolute atomic E-state index is 12.0. The summed E-state index contributed by atoms with van der Waals surface area (Å²) in [4.78, 5) is 24.7. The Kier molecular flexibility index (Phi) is 5.40. The predicted molar refractivity (Wildman–Crippen MR) is 66.4 cm³/mol. The number of methoxy groups -OCH3 is 1. The topological polar surface area (TPSA) is 78.9 Å². The van der Waals surface area contributed by atoms with E-state index in [0.717, 1.165) is 12.8 Å². The van der Waals surface area contributed by atoms with Gasteiger partial charge >= 0.3 is 12.0 Å². The number of ether oxygens (including phenoxy) is 1. The quantitative estimate of drug-likeness (QED) is 0.785. The Morgan fingerprint density at radius 3 is 2.72 bits per heavy atom. The summed E-state index contributed by atoms with van der Waals surface area (Å²) in [5, 5.41) is 11.5. The molecule has 1 rings (SSSR count). The van der Waals surface area contributed by atoms with Crippen LogP contribution in [-0.4, -0.2) is 54.4 Å². The number of hydrogen-bond acceptors (Lipinski definition) is 3. The zero-order valence-corrected chi connectivity index (χ0v) is 11.2. The number of amides is 2. The Labute approximate surface area is 107 Å². The minimum absolute atomic E-state index is 0.0289. The molecule has 0 bridgehead atoms. The number of likely N-dealkylation sites (tertiary alicyclic amines) is 1. The molecule has 3 unspecified atom stereocenters. The van der Waals surface area contributed by atoms with Crippen molar-refractivity contribution in [2.75, 3.05) is 20.3 Å². The average molecular weight is 258 g/mol. The van der Waals surface area contributed by atoms with Crippen LogP contribution in [0.5, 0.6) is 0 Å². The van der Waals surface area contributed by atoms with E-state index in [-0.39, 0.29) is 18.7 Å². The molecule has 0 aliphatic carbocycles. The summed E-state index contributed by atoms with van der Waals surface area (Å²) in [7, 11) is 1.41. The first-order valence-corrected chi connectivity index (χ1v) is 6.26. The fourth-order valence-electron chi connectivity index (χ4n) is 2.20. The van der Waals surface area contributed by atoms with Gasteiger partial charge in [-0.15, -0.1) is 0 Å². The molecule has 1 aliphatic rings. The van der Waals surface area contributed by atoms with Gasteiger partial charge in [0.15, 0.2) is 6.04 Å². The van der Waals surface area contributed by atoms with Gasteiger partial charge in [0, 0.05) is 19.7 Å². The number of carbonyl (C=O) groups excluding carboxylic acids is 1. The molecule has 18 heavy (non-hydrogen) atoms. The van der Waals surface area contributed by atoms with Crippen LogP contribution in [0.2, 0.25) is 0 Å². The molecular formula is C12H22N2O4. The van der Waals surface area contributed by atoms with Gasteiger partial charge in [0.1, 0.15) is 0 Å². The van der Waals surface area contributed by atoms with Crippen LogP contribution >= 0.6 is 0 Å². The number of nitrogens with one attached hydrogen (secondary N) is 1. The molecule has 0 aromatic rings. The normalized spacial score (nSPS) is 25.6. The predicted octanol–water partition coefficient (Wildman–Crippen LogP) is 0.916. The second-order valence-corrected chi connectivity index (χ2v) is 4.85. The van der Waals surface area contributed by atoms with Crippen LogP contribution in [0.3, 0.4) is 0 Å². The number of nitrogens with zero attached hydrogens (tertiary/aromatic N) is 1. The van der Waals surface area contributed by atoms with E-state index in [9.17, 15) is 9.59 Å². The first-order chi connectivity index (χ1) is 8.47. The van der Waals surface area contributed by atoms with Crippen molar-refractivity contribution in [2.45, 2.75) is 38.8 Å². The molecule has 1 saturated heterocycles. The lowest BCUT2D eigenvalue weighted by molar-refractivity contribution is -0.140. The molecule has 1 aliphatic heterocycles. The average Bonchev–Trinajstić information content (AvgIpc) is 2.31.